The van der Waals surface area contributed by atoms with Crippen LogP contribution < -0.4 is 17.0 Å². The molecule has 10 heteroatoms. The van der Waals surface area contributed by atoms with Crippen LogP contribution >= 0.6 is 0 Å². The minimum Gasteiger partial charge on any atom is -0.454 e. The molecule has 0 aliphatic rings. The average Bonchev–Trinajstić information content (AvgIpc) is 2.80. The van der Waals surface area contributed by atoms with E-state index in [4.69, 9.17) is 10.5 Å². The Labute approximate surface area is 183 Å². The van der Waals surface area contributed by atoms with Gasteiger partial charge in [0, 0.05) is 28.2 Å². The molecule has 0 spiro atoms. The van der Waals surface area contributed by atoms with Crippen molar-refractivity contribution in [1.29, 1.82) is 0 Å². The smallest absolute Gasteiger partial charge is 0.339 e. The second-order valence-corrected chi connectivity index (χ2v) is 7.06. The van der Waals surface area contributed by atoms with Crippen molar-refractivity contribution in [2.24, 2.45) is 14.1 Å². The van der Waals surface area contributed by atoms with Crippen LogP contribution in [0.25, 0.3) is 10.8 Å². The molecule has 0 saturated heterocycles. The molecule has 0 unspecified atom stereocenters. The van der Waals surface area contributed by atoms with E-state index >= 15 is 0 Å². The normalized spacial score (nSPS) is 10.1. The summed E-state index contributed by atoms with van der Waals surface area (Å²) in [5.74, 6) is -1.74. The van der Waals surface area contributed by atoms with Crippen LogP contribution in [0.15, 0.2) is 52.1 Å². The highest BCUT2D eigenvalue weighted by atomic mass is 16.5. The first-order valence-electron chi connectivity index (χ1n) is 9.45. The SMILES string of the molecule is CN(C)C=O.Cn1c(N)c(C(=O)COC(=O)c2cccc3ccccc23)c(=O)n(C)c1=O. The molecule has 32 heavy (non-hydrogen) atoms. The maximum Gasteiger partial charge on any atom is 0.339 e. The maximum atomic E-state index is 12.4. The lowest BCUT2D eigenvalue weighted by atomic mass is 10.0. The zero-order valence-electron chi connectivity index (χ0n) is 18.2. The summed E-state index contributed by atoms with van der Waals surface area (Å²) >= 11 is 0. The molecule has 3 aromatic rings. The number of anilines is 1. The van der Waals surface area contributed by atoms with E-state index in [2.05, 4.69) is 0 Å². The molecule has 0 aliphatic heterocycles. The molecule has 1 aromatic heterocycles. The molecule has 0 aliphatic carbocycles. The number of aromatic nitrogens is 2. The van der Waals surface area contributed by atoms with Crippen LogP contribution in [0.3, 0.4) is 0 Å². The quantitative estimate of drug-likeness (QED) is 0.348. The summed E-state index contributed by atoms with van der Waals surface area (Å²) in [6.07, 6.45) is 0.750. The number of rotatable bonds is 5. The lowest BCUT2D eigenvalue weighted by Crippen LogP contribution is -2.42. The van der Waals surface area contributed by atoms with Crippen LogP contribution in [0.2, 0.25) is 0 Å². The Hall–Kier alpha value is -4.21. The zero-order chi connectivity index (χ0) is 24.0. The molecule has 1 amide bonds. The Bertz CT molecular complexity index is 1280. The number of fused-ring (bicyclic) bond motifs is 1. The van der Waals surface area contributed by atoms with Gasteiger partial charge in [-0.3, -0.25) is 23.5 Å². The number of nitrogens with zero attached hydrogens (tertiary/aromatic N) is 3. The molecular formula is C22H24N4O6. The minimum absolute atomic E-state index is 0.269. The highest BCUT2D eigenvalue weighted by Crippen LogP contribution is 2.19. The number of amides is 1. The average molecular weight is 440 g/mol. The standard InChI is InChI=1S/C19H17N3O5.C3H7NO/c1-21-16(20)15(17(24)22(2)19(21)26)14(23)10-27-18(25)13-9-5-7-11-6-3-4-8-12(11)13;1-4(2)3-5/h3-9H,10,20H2,1-2H3;3H,1-2H3. The molecule has 0 radical (unpaired) electrons. The fraction of sp³-hybridized carbons (Fsp3) is 0.227. The number of carbonyl (C=O) groups excluding carboxylic acids is 3. The molecule has 0 fully saturated rings. The van der Waals surface area contributed by atoms with Crippen LogP contribution in [0.5, 0.6) is 0 Å². The third kappa shape index (κ3) is 5.09. The first kappa shape index (κ1) is 24.1. The van der Waals surface area contributed by atoms with Crippen LogP contribution in [0.1, 0.15) is 20.7 Å². The predicted molar refractivity (Wildman–Crippen MR) is 120 cm³/mol. The van der Waals surface area contributed by atoms with Gasteiger partial charge in [0.25, 0.3) is 5.56 Å². The molecule has 2 N–H and O–H groups in total. The van der Waals surface area contributed by atoms with Gasteiger partial charge in [0.1, 0.15) is 11.4 Å². The molecular weight excluding hydrogens is 416 g/mol. The van der Waals surface area contributed by atoms with Gasteiger partial charge in [-0.05, 0) is 16.8 Å². The number of ketones is 1. The van der Waals surface area contributed by atoms with Gasteiger partial charge in [-0.2, -0.15) is 0 Å². The number of nitrogens with two attached hydrogens (primary N) is 1. The van der Waals surface area contributed by atoms with Crippen molar-refractivity contribution in [1.82, 2.24) is 14.0 Å². The summed E-state index contributed by atoms with van der Waals surface area (Å²) in [7, 11) is 5.96. The number of esters is 1. The lowest BCUT2D eigenvalue weighted by molar-refractivity contribution is -0.115. The van der Waals surface area contributed by atoms with E-state index in [0.717, 1.165) is 20.9 Å². The first-order chi connectivity index (χ1) is 15.1. The Kier molecular flexibility index (Phi) is 7.67. The number of hydrogen-bond donors (Lipinski definition) is 1. The third-order valence-electron chi connectivity index (χ3n) is 4.54. The molecule has 3 rings (SSSR count). The van der Waals surface area contributed by atoms with Crippen LogP contribution in [0, 0.1) is 0 Å². The Morgan fingerprint density at radius 1 is 1.03 bits per heavy atom. The van der Waals surface area contributed by atoms with Crippen molar-refractivity contribution in [3.8, 4) is 0 Å². The van der Waals surface area contributed by atoms with Gasteiger partial charge in [0.2, 0.25) is 12.2 Å². The predicted octanol–water partition coefficient (Wildman–Crippen LogP) is 0.563. The lowest BCUT2D eigenvalue weighted by Gasteiger charge is -2.11. The van der Waals surface area contributed by atoms with Crippen LogP contribution in [-0.4, -0.2) is 52.9 Å². The molecule has 2 aromatic carbocycles. The van der Waals surface area contributed by atoms with E-state index in [1.54, 1.807) is 38.4 Å². The van der Waals surface area contributed by atoms with E-state index in [0.29, 0.717) is 10.9 Å². The van der Waals surface area contributed by atoms with E-state index in [1.165, 1.54) is 19.0 Å². The summed E-state index contributed by atoms with van der Waals surface area (Å²) in [5.41, 5.74) is 4.18. The van der Waals surface area contributed by atoms with Gasteiger partial charge in [0.15, 0.2) is 6.61 Å². The fourth-order valence-corrected chi connectivity index (χ4v) is 2.81. The highest BCUT2D eigenvalue weighted by Gasteiger charge is 2.22. The summed E-state index contributed by atoms with van der Waals surface area (Å²) in [4.78, 5) is 59.7. The highest BCUT2D eigenvalue weighted by molar-refractivity contribution is 6.06. The van der Waals surface area contributed by atoms with Gasteiger partial charge < -0.3 is 15.4 Å². The minimum atomic E-state index is -0.832. The molecule has 1 heterocycles. The molecule has 0 bridgehead atoms. The van der Waals surface area contributed by atoms with E-state index in [-0.39, 0.29) is 11.4 Å². The number of ether oxygens (including phenoxy) is 1. The van der Waals surface area contributed by atoms with Crippen molar-refractivity contribution in [3.05, 3.63) is 74.4 Å². The Balaban J connectivity index is 0.000000654. The fourth-order valence-electron chi connectivity index (χ4n) is 2.81. The second kappa shape index (κ2) is 10.2. The van der Waals surface area contributed by atoms with Gasteiger partial charge in [-0.25, -0.2) is 9.59 Å². The van der Waals surface area contributed by atoms with Crippen molar-refractivity contribution in [3.63, 3.8) is 0 Å². The van der Waals surface area contributed by atoms with Gasteiger partial charge in [0.05, 0.1) is 5.56 Å². The van der Waals surface area contributed by atoms with Gasteiger partial charge in [-0.15, -0.1) is 0 Å². The largest absolute Gasteiger partial charge is 0.454 e. The maximum absolute atomic E-state index is 12.4. The number of carbonyl (C=O) groups is 3. The number of hydrogen-bond acceptors (Lipinski definition) is 7. The number of nitrogen functional groups attached to an aromatic ring is 1. The Morgan fingerprint density at radius 3 is 2.25 bits per heavy atom. The zero-order valence-corrected chi connectivity index (χ0v) is 18.2. The third-order valence-corrected chi connectivity index (χ3v) is 4.54. The van der Waals surface area contributed by atoms with Gasteiger partial charge in [-0.1, -0.05) is 36.4 Å². The molecule has 10 nitrogen and oxygen atoms in total. The van der Waals surface area contributed by atoms with Crippen LogP contribution in [0.4, 0.5) is 5.82 Å². The summed E-state index contributed by atoms with van der Waals surface area (Å²) in [6.45, 7) is -0.667. The molecule has 0 atom stereocenters. The molecule has 168 valence electrons. The van der Waals surface area contributed by atoms with E-state index < -0.39 is 29.6 Å². The van der Waals surface area contributed by atoms with Crippen molar-refractivity contribution in [2.75, 3.05) is 26.4 Å². The van der Waals surface area contributed by atoms with Crippen molar-refractivity contribution < 1.29 is 19.1 Å². The monoisotopic (exact) mass is 440 g/mol. The van der Waals surface area contributed by atoms with Crippen molar-refractivity contribution >= 4 is 34.8 Å². The number of Topliss-reactive ketones (excluding diaryl/α,β-unsaturated/α-hetero) is 1. The first-order valence-corrected chi connectivity index (χ1v) is 9.45. The Morgan fingerprint density at radius 2 is 1.62 bits per heavy atom. The summed E-state index contributed by atoms with van der Waals surface area (Å²) in [6, 6.07) is 12.4. The van der Waals surface area contributed by atoms with Crippen LogP contribution in [-0.2, 0) is 23.6 Å². The van der Waals surface area contributed by atoms with E-state index in [9.17, 15) is 24.0 Å². The topological polar surface area (TPSA) is 134 Å². The second-order valence-electron chi connectivity index (χ2n) is 7.06. The van der Waals surface area contributed by atoms with E-state index in [1.807, 2.05) is 18.2 Å². The number of benzene rings is 2. The van der Waals surface area contributed by atoms with Crippen molar-refractivity contribution in [2.45, 2.75) is 0 Å². The van der Waals surface area contributed by atoms with Gasteiger partial charge >= 0.3 is 11.7 Å². The summed E-state index contributed by atoms with van der Waals surface area (Å²) in [5, 5.41) is 1.55. The summed E-state index contributed by atoms with van der Waals surface area (Å²) < 4.78 is 6.85. The molecule has 0 saturated carbocycles.